The summed E-state index contributed by atoms with van der Waals surface area (Å²) in [5.41, 5.74) is 0. The largest absolute Gasteiger partial charge is 0.521 e. The van der Waals surface area contributed by atoms with E-state index in [9.17, 15) is 4.57 Å². The van der Waals surface area contributed by atoms with Crippen LogP contribution in [0.2, 0.25) is 0 Å². The lowest BCUT2D eigenvalue weighted by atomic mass is 10.2. The van der Waals surface area contributed by atoms with Gasteiger partial charge < -0.3 is 0 Å². The number of hydrogen-bond donors (Lipinski definition) is 2. The average molecular weight is 178 g/mol. The SMILES string of the molecule is CCCCCCNC[P+](=O)O. The molecule has 4 heteroatoms. The van der Waals surface area contributed by atoms with Crippen LogP contribution in [-0.4, -0.2) is 17.7 Å². The summed E-state index contributed by atoms with van der Waals surface area (Å²) >= 11 is 0. The van der Waals surface area contributed by atoms with Crippen molar-refractivity contribution in [2.45, 2.75) is 32.6 Å². The normalized spacial score (nSPS) is 11.6. The van der Waals surface area contributed by atoms with Crippen molar-refractivity contribution < 1.29 is 9.46 Å². The average Bonchev–Trinajstić information content (AvgIpc) is 1.96. The van der Waals surface area contributed by atoms with E-state index in [1.54, 1.807) is 0 Å². The monoisotopic (exact) mass is 178 g/mol. The van der Waals surface area contributed by atoms with Gasteiger partial charge in [0.05, 0.1) is 0 Å². The van der Waals surface area contributed by atoms with Crippen molar-refractivity contribution in [1.82, 2.24) is 5.32 Å². The molecule has 0 saturated carbocycles. The van der Waals surface area contributed by atoms with Crippen LogP contribution in [0.15, 0.2) is 0 Å². The molecule has 0 aliphatic carbocycles. The molecular formula is C7H17NO2P+. The first-order valence-corrected chi connectivity index (χ1v) is 5.51. The van der Waals surface area contributed by atoms with Crippen molar-refractivity contribution in [2.24, 2.45) is 0 Å². The Balaban J connectivity index is 2.85. The highest BCUT2D eigenvalue weighted by Gasteiger charge is 2.06. The van der Waals surface area contributed by atoms with E-state index in [0.29, 0.717) is 0 Å². The molecule has 1 unspecified atom stereocenters. The summed E-state index contributed by atoms with van der Waals surface area (Å²) in [6.07, 6.45) is 5.05. The standard InChI is InChI=1S/C7H16NO2P/c1-2-3-4-5-6-8-7-11(9)10/h8H,2-7H2,1H3/p+1. The van der Waals surface area contributed by atoms with Gasteiger partial charge in [0, 0.05) is 0 Å². The maximum absolute atomic E-state index is 10.2. The molecule has 0 aromatic rings. The van der Waals surface area contributed by atoms with Gasteiger partial charge >= 0.3 is 8.03 Å². The van der Waals surface area contributed by atoms with Gasteiger partial charge in [-0.2, -0.15) is 4.89 Å². The quantitative estimate of drug-likeness (QED) is 0.462. The fourth-order valence-corrected chi connectivity index (χ4v) is 1.20. The maximum Gasteiger partial charge on any atom is 0.521 e. The molecule has 0 spiro atoms. The molecule has 0 bridgehead atoms. The number of hydrogen-bond acceptors (Lipinski definition) is 2. The first kappa shape index (κ1) is 11.0. The van der Waals surface area contributed by atoms with E-state index in [1.807, 2.05) is 0 Å². The zero-order valence-electron chi connectivity index (χ0n) is 7.05. The summed E-state index contributed by atoms with van der Waals surface area (Å²) in [4.78, 5) is 8.40. The molecule has 0 fully saturated rings. The van der Waals surface area contributed by atoms with Crippen LogP contribution in [-0.2, 0) is 4.57 Å². The Bertz CT molecular complexity index is 109. The summed E-state index contributed by atoms with van der Waals surface area (Å²) < 4.78 is 10.2. The minimum absolute atomic E-state index is 0.238. The van der Waals surface area contributed by atoms with Gasteiger partial charge in [-0.25, -0.2) is 0 Å². The van der Waals surface area contributed by atoms with E-state index < -0.39 is 8.03 Å². The summed E-state index contributed by atoms with van der Waals surface area (Å²) in [5, 5.41) is 2.91. The first-order valence-electron chi connectivity index (χ1n) is 4.11. The Hall–Kier alpha value is 0.0200. The Morgan fingerprint density at radius 1 is 1.36 bits per heavy atom. The first-order chi connectivity index (χ1) is 5.27. The molecule has 0 aromatic heterocycles. The predicted molar refractivity (Wildman–Crippen MR) is 46.8 cm³/mol. The molecule has 0 radical (unpaired) electrons. The Morgan fingerprint density at radius 3 is 2.64 bits per heavy atom. The van der Waals surface area contributed by atoms with Crippen LogP contribution in [0, 0.1) is 0 Å². The smallest absolute Gasteiger partial charge is 0.274 e. The van der Waals surface area contributed by atoms with Crippen molar-refractivity contribution in [3.8, 4) is 0 Å². The van der Waals surface area contributed by atoms with Gasteiger partial charge in [-0.1, -0.05) is 26.2 Å². The third-order valence-electron chi connectivity index (χ3n) is 1.45. The zero-order valence-corrected chi connectivity index (χ0v) is 7.94. The predicted octanol–water partition coefficient (Wildman–Crippen LogP) is 1.85. The fraction of sp³-hybridized carbons (Fsp3) is 1.00. The van der Waals surface area contributed by atoms with E-state index in [2.05, 4.69) is 12.2 Å². The fourth-order valence-electron chi connectivity index (χ4n) is 0.851. The molecule has 0 heterocycles. The molecule has 1 atom stereocenters. The summed E-state index contributed by atoms with van der Waals surface area (Å²) in [6.45, 7) is 3.03. The highest BCUT2D eigenvalue weighted by Crippen LogP contribution is 2.08. The molecule has 0 amide bonds. The third kappa shape index (κ3) is 10.0. The molecule has 0 aliphatic heterocycles. The van der Waals surface area contributed by atoms with Crippen molar-refractivity contribution in [3.05, 3.63) is 0 Å². The molecule has 0 rings (SSSR count). The second-order valence-electron chi connectivity index (χ2n) is 2.57. The molecule has 11 heavy (non-hydrogen) atoms. The van der Waals surface area contributed by atoms with Crippen LogP contribution in [0.5, 0.6) is 0 Å². The number of unbranched alkanes of at least 4 members (excludes halogenated alkanes) is 3. The van der Waals surface area contributed by atoms with Crippen LogP contribution in [0.3, 0.4) is 0 Å². The van der Waals surface area contributed by atoms with E-state index in [-0.39, 0.29) is 6.29 Å². The van der Waals surface area contributed by atoms with Crippen LogP contribution in [0.25, 0.3) is 0 Å². The van der Waals surface area contributed by atoms with Gasteiger partial charge in [-0.3, -0.25) is 5.32 Å². The number of rotatable bonds is 7. The van der Waals surface area contributed by atoms with Crippen LogP contribution in [0.4, 0.5) is 0 Å². The van der Waals surface area contributed by atoms with Crippen molar-refractivity contribution in [3.63, 3.8) is 0 Å². The van der Waals surface area contributed by atoms with E-state index in [4.69, 9.17) is 4.89 Å². The highest BCUT2D eigenvalue weighted by molar-refractivity contribution is 7.37. The minimum atomic E-state index is -1.99. The number of nitrogens with one attached hydrogen (secondary N) is 1. The second kappa shape index (κ2) is 8.12. The van der Waals surface area contributed by atoms with E-state index in [0.717, 1.165) is 13.0 Å². The molecule has 0 saturated heterocycles. The Labute approximate surface area is 69.1 Å². The van der Waals surface area contributed by atoms with Gasteiger partial charge in [0.25, 0.3) is 0 Å². The Kier molecular flexibility index (Phi) is 8.13. The summed E-state index contributed by atoms with van der Waals surface area (Å²) in [6, 6.07) is 0. The van der Waals surface area contributed by atoms with Crippen LogP contribution in [0.1, 0.15) is 32.6 Å². The summed E-state index contributed by atoms with van der Waals surface area (Å²) in [5.74, 6) is 0. The zero-order chi connectivity index (χ0) is 8.53. The second-order valence-corrected chi connectivity index (χ2v) is 3.59. The molecule has 0 aliphatic rings. The van der Waals surface area contributed by atoms with Crippen molar-refractivity contribution in [1.29, 1.82) is 0 Å². The maximum atomic E-state index is 10.2. The minimum Gasteiger partial charge on any atom is -0.274 e. The molecule has 2 N–H and O–H groups in total. The lowest BCUT2D eigenvalue weighted by Crippen LogP contribution is -2.13. The lowest BCUT2D eigenvalue weighted by Gasteiger charge is -1.96. The van der Waals surface area contributed by atoms with Crippen LogP contribution < -0.4 is 5.32 Å². The van der Waals surface area contributed by atoms with Gasteiger partial charge in [0.1, 0.15) is 0 Å². The van der Waals surface area contributed by atoms with Gasteiger partial charge in [0.15, 0.2) is 0 Å². The van der Waals surface area contributed by atoms with Crippen molar-refractivity contribution in [2.75, 3.05) is 12.8 Å². The highest BCUT2D eigenvalue weighted by atomic mass is 31.1. The van der Waals surface area contributed by atoms with Crippen LogP contribution >= 0.6 is 8.03 Å². The molecule has 66 valence electrons. The van der Waals surface area contributed by atoms with E-state index >= 15 is 0 Å². The molecule has 3 nitrogen and oxygen atoms in total. The molecule has 0 aromatic carbocycles. The topological polar surface area (TPSA) is 49.3 Å². The molecular weight excluding hydrogens is 161 g/mol. The lowest BCUT2D eigenvalue weighted by molar-refractivity contribution is 0.495. The van der Waals surface area contributed by atoms with Crippen molar-refractivity contribution >= 4 is 8.03 Å². The third-order valence-corrected chi connectivity index (χ3v) is 1.95. The van der Waals surface area contributed by atoms with Gasteiger partial charge in [0.2, 0.25) is 6.29 Å². The Morgan fingerprint density at radius 2 is 2.09 bits per heavy atom. The van der Waals surface area contributed by atoms with E-state index in [1.165, 1.54) is 19.3 Å². The van der Waals surface area contributed by atoms with Gasteiger partial charge in [-0.05, 0) is 17.5 Å². The van der Waals surface area contributed by atoms with Gasteiger partial charge in [-0.15, -0.1) is 0 Å². The summed E-state index contributed by atoms with van der Waals surface area (Å²) in [7, 11) is -1.99.